The molecule has 3 N–H and O–H groups in total. The lowest BCUT2D eigenvalue weighted by Gasteiger charge is -2.19. The van der Waals surface area contributed by atoms with Crippen molar-refractivity contribution in [2.75, 3.05) is 26.4 Å². The largest absolute Gasteiger partial charge is 0.398 e. The number of thiophene rings is 1. The minimum Gasteiger partial charge on any atom is -0.398 e. The maximum Gasteiger partial charge on any atom is 0.250 e. The van der Waals surface area contributed by atoms with Gasteiger partial charge in [0.2, 0.25) is 10.0 Å². The molecule has 1 aromatic heterocycles. The Morgan fingerprint density at radius 3 is 2.62 bits per heavy atom. The summed E-state index contributed by atoms with van der Waals surface area (Å²) in [4.78, 5) is 1.95. The first-order chi connectivity index (χ1) is 7.33. The highest BCUT2D eigenvalue weighted by Gasteiger charge is 2.17. The van der Waals surface area contributed by atoms with Crippen LogP contribution in [0.15, 0.2) is 15.7 Å². The van der Waals surface area contributed by atoms with Crippen molar-refractivity contribution in [3.8, 4) is 0 Å². The van der Waals surface area contributed by atoms with Gasteiger partial charge in [-0.05, 0) is 27.1 Å². The highest BCUT2D eigenvalue weighted by Crippen LogP contribution is 2.21. The van der Waals surface area contributed by atoms with Gasteiger partial charge in [0.15, 0.2) is 0 Å². The van der Waals surface area contributed by atoms with E-state index in [1.165, 1.54) is 6.07 Å². The van der Waals surface area contributed by atoms with E-state index in [0.29, 0.717) is 12.2 Å². The zero-order chi connectivity index (χ0) is 12.3. The molecule has 1 atom stereocenters. The van der Waals surface area contributed by atoms with Crippen molar-refractivity contribution in [2.24, 2.45) is 0 Å². The molecule has 0 aromatic carbocycles. The van der Waals surface area contributed by atoms with E-state index in [1.54, 1.807) is 5.38 Å². The quantitative estimate of drug-likeness (QED) is 0.814. The molecule has 0 aliphatic carbocycles. The van der Waals surface area contributed by atoms with E-state index >= 15 is 0 Å². The molecule has 0 saturated heterocycles. The van der Waals surface area contributed by atoms with Crippen LogP contribution < -0.4 is 10.5 Å². The molecule has 0 fully saturated rings. The molecular weight excluding hydrogens is 246 g/mol. The van der Waals surface area contributed by atoms with Gasteiger partial charge in [0.05, 0.1) is 0 Å². The Hall–Kier alpha value is -0.630. The number of sulfonamides is 1. The van der Waals surface area contributed by atoms with Crippen LogP contribution in [0.1, 0.15) is 6.92 Å². The lowest BCUT2D eigenvalue weighted by Crippen LogP contribution is -2.37. The SMILES string of the molecule is CC(CNS(=O)(=O)c1cc(N)cs1)N(C)C. The summed E-state index contributed by atoms with van der Waals surface area (Å²) >= 11 is 1.13. The number of likely N-dealkylation sites (N-methyl/N-ethyl adjacent to an activating group) is 1. The molecule has 0 spiro atoms. The molecule has 0 amide bonds. The molecule has 0 aliphatic rings. The fraction of sp³-hybridized carbons (Fsp3) is 0.556. The molecule has 1 aromatic rings. The summed E-state index contributed by atoms with van der Waals surface area (Å²) in [5.41, 5.74) is 5.97. The van der Waals surface area contributed by atoms with Crippen LogP contribution in [0.4, 0.5) is 5.69 Å². The summed E-state index contributed by atoms with van der Waals surface area (Å²) < 4.78 is 26.4. The Morgan fingerprint density at radius 1 is 1.56 bits per heavy atom. The first-order valence-corrected chi connectivity index (χ1v) is 7.19. The monoisotopic (exact) mass is 263 g/mol. The molecule has 1 heterocycles. The molecule has 0 bridgehead atoms. The Labute approximate surface area is 100 Å². The first-order valence-electron chi connectivity index (χ1n) is 4.83. The summed E-state index contributed by atoms with van der Waals surface area (Å²) in [6.07, 6.45) is 0. The van der Waals surface area contributed by atoms with Crippen molar-refractivity contribution in [2.45, 2.75) is 17.2 Å². The highest BCUT2D eigenvalue weighted by molar-refractivity contribution is 7.91. The molecule has 1 unspecified atom stereocenters. The van der Waals surface area contributed by atoms with Gasteiger partial charge < -0.3 is 10.6 Å². The average Bonchev–Trinajstić information content (AvgIpc) is 2.61. The Balaban J connectivity index is 2.67. The van der Waals surface area contributed by atoms with E-state index in [9.17, 15) is 8.42 Å². The second-order valence-electron chi connectivity index (χ2n) is 3.86. The van der Waals surface area contributed by atoms with Crippen LogP contribution in [0.25, 0.3) is 0 Å². The normalized spacial score (nSPS) is 14.2. The van der Waals surface area contributed by atoms with Gasteiger partial charge in [-0.3, -0.25) is 0 Å². The third kappa shape index (κ3) is 3.44. The second kappa shape index (κ2) is 5.13. The standard InChI is InChI=1S/C9H17N3O2S2/c1-7(12(2)3)5-11-16(13,14)9-4-8(10)6-15-9/h4,6-7,11H,5,10H2,1-3H3. The van der Waals surface area contributed by atoms with Gasteiger partial charge in [-0.15, -0.1) is 11.3 Å². The number of anilines is 1. The molecule has 0 aliphatic heterocycles. The van der Waals surface area contributed by atoms with Crippen LogP contribution in [0.5, 0.6) is 0 Å². The predicted octanol–water partition coefficient (Wildman–Crippen LogP) is 0.559. The van der Waals surface area contributed by atoms with Gasteiger partial charge in [-0.25, -0.2) is 13.1 Å². The number of nitrogen functional groups attached to an aromatic ring is 1. The summed E-state index contributed by atoms with van der Waals surface area (Å²) in [6.45, 7) is 2.33. The molecule has 5 nitrogen and oxygen atoms in total. The van der Waals surface area contributed by atoms with Gasteiger partial charge in [-0.1, -0.05) is 0 Å². The van der Waals surface area contributed by atoms with Gasteiger partial charge in [0.1, 0.15) is 4.21 Å². The molecule has 1 rings (SSSR count). The smallest absolute Gasteiger partial charge is 0.250 e. The van der Waals surface area contributed by atoms with E-state index in [1.807, 2.05) is 25.9 Å². The minimum absolute atomic E-state index is 0.145. The number of nitrogens with one attached hydrogen (secondary N) is 1. The van der Waals surface area contributed by atoms with Gasteiger partial charge in [0.25, 0.3) is 0 Å². The Bertz CT molecular complexity index is 439. The average molecular weight is 263 g/mol. The van der Waals surface area contributed by atoms with Crippen LogP contribution in [0, 0.1) is 0 Å². The van der Waals surface area contributed by atoms with Crippen molar-refractivity contribution in [3.63, 3.8) is 0 Å². The molecule has 0 saturated carbocycles. The topological polar surface area (TPSA) is 75.4 Å². The summed E-state index contributed by atoms with van der Waals surface area (Å²) in [5.74, 6) is 0. The van der Waals surface area contributed by atoms with Crippen molar-refractivity contribution in [1.82, 2.24) is 9.62 Å². The minimum atomic E-state index is -3.41. The molecular formula is C9H17N3O2S2. The van der Waals surface area contributed by atoms with Gasteiger partial charge >= 0.3 is 0 Å². The van der Waals surface area contributed by atoms with Crippen molar-refractivity contribution < 1.29 is 8.42 Å². The molecule has 92 valence electrons. The zero-order valence-corrected chi connectivity index (χ0v) is 11.2. The van der Waals surface area contributed by atoms with E-state index < -0.39 is 10.0 Å². The fourth-order valence-electron chi connectivity index (χ4n) is 0.955. The summed E-state index contributed by atoms with van der Waals surface area (Å²) in [6, 6.07) is 1.61. The van der Waals surface area contributed by atoms with Crippen LogP contribution in [-0.2, 0) is 10.0 Å². The third-order valence-corrected chi connectivity index (χ3v) is 5.19. The van der Waals surface area contributed by atoms with Crippen molar-refractivity contribution in [1.29, 1.82) is 0 Å². The Morgan fingerprint density at radius 2 is 2.19 bits per heavy atom. The third-order valence-electron chi connectivity index (χ3n) is 2.31. The Kier molecular flexibility index (Phi) is 4.31. The maximum atomic E-state index is 11.8. The van der Waals surface area contributed by atoms with Crippen LogP contribution in [-0.4, -0.2) is 40.0 Å². The van der Waals surface area contributed by atoms with Crippen LogP contribution in [0.3, 0.4) is 0 Å². The second-order valence-corrected chi connectivity index (χ2v) is 6.77. The lowest BCUT2D eigenvalue weighted by atomic mass is 10.3. The van der Waals surface area contributed by atoms with Crippen LogP contribution >= 0.6 is 11.3 Å². The molecule has 0 radical (unpaired) electrons. The lowest BCUT2D eigenvalue weighted by molar-refractivity contribution is 0.314. The van der Waals surface area contributed by atoms with E-state index in [0.717, 1.165) is 11.3 Å². The number of hydrogen-bond acceptors (Lipinski definition) is 5. The predicted molar refractivity (Wildman–Crippen MR) is 67.1 cm³/mol. The maximum absolute atomic E-state index is 11.8. The van der Waals surface area contributed by atoms with E-state index in [4.69, 9.17) is 5.73 Å². The summed E-state index contributed by atoms with van der Waals surface area (Å²) in [7, 11) is 0.404. The van der Waals surface area contributed by atoms with Crippen LogP contribution in [0.2, 0.25) is 0 Å². The van der Waals surface area contributed by atoms with Gasteiger partial charge in [-0.2, -0.15) is 0 Å². The molecule has 7 heteroatoms. The molecule has 16 heavy (non-hydrogen) atoms. The fourth-order valence-corrected chi connectivity index (χ4v) is 3.20. The zero-order valence-electron chi connectivity index (χ0n) is 9.60. The van der Waals surface area contributed by atoms with E-state index in [2.05, 4.69) is 4.72 Å². The van der Waals surface area contributed by atoms with Gasteiger partial charge in [0, 0.05) is 23.7 Å². The summed E-state index contributed by atoms with van der Waals surface area (Å²) in [5, 5.41) is 1.62. The number of nitrogens with two attached hydrogens (primary N) is 1. The van der Waals surface area contributed by atoms with E-state index in [-0.39, 0.29) is 10.3 Å². The highest BCUT2D eigenvalue weighted by atomic mass is 32.2. The number of hydrogen-bond donors (Lipinski definition) is 2. The first kappa shape index (κ1) is 13.4. The number of rotatable bonds is 5. The number of nitrogens with zero attached hydrogens (tertiary/aromatic N) is 1. The van der Waals surface area contributed by atoms with Crippen molar-refractivity contribution in [3.05, 3.63) is 11.4 Å². The van der Waals surface area contributed by atoms with Crippen molar-refractivity contribution >= 4 is 27.0 Å².